The number of aryl methyl sites for hydroxylation is 1. The zero-order chi connectivity index (χ0) is 14.5. The number of esters is 1. The van der Waals surface area contributed by atoms with Gasteiger partial charge in [-0.25, -0.2) is 9.78 Å². The molecule has 1 aromatic carbocycles. The lowest BCUT2D eigenvalue weighted by molar-refractivity contribution is 0.0526. The lowest BCUT2D eigenvalue weighted by Gasteiger charge is -2.07. The number of ether oxygens (including phenoxy) is 2. The van der Waals surface area contributed by atoms with Crippen molar-refractivity contribution in [1.29, 1.82) is 0 Å². The summed E-state index contributed by atoms with van der Waals surface area (Å²) in [4.78, 5) is 15.5. The van der Waals surface area contributed by atoms with Crippen LogP contribution in [0.2, 0.25) is 5.02 Å². The zero-order valence-corrected chi connectivity index (χ0v) is 12.0. The number of halogens is 1. The fraction of sp³-hybridized carbons (Fsp3) is 0.200. The highest BCUT2D eigenvalue weighted by Gasteiger charge is 2.08. The Hall–Kier alpha value is -2.07. The van der Waals surface area contributed by atoms with Gasteiger partial charge in [0.1, 0.15) is 5.75 Å². The van der Waals surface area contributed by atoms with Gasteiger partial charge in [0.15, 0.2) is 0 Å². The van der Waals surface area contributed by atoms with E-state index in [4.69, 9.17) is 21.1 Å². The number of aromatic nitrogens is 1. The van der Waals surface area contributed by atoms with Gasteiger partial charge in [0.2, 0.25) is 5.88 Å². The van der Waals surface area contributed by atoms with Crippen LogP contribution in [-0.4, -0.2) is 17.6 Å². The van der Waals surface area contributed by atoms with Crippen LogP contribution in [0.5, 0.6) is 11.6 Å². The van der Waals surface area contributed by atoms with Crippen LogP contribution >= 0.6 is 11.6 Å². The number of rotatable bonds is 4. The van der Waals surface area contributed by atoms with Crippen LogP contribution in [0.15, 0.2) is 36.5 Å². The molecule has 0 unspecified atom stereocenters. The topological polar surface area (TPSA) is 48.4 Å². The van der Waals surface area contributed by atoms with Crippen molar-refractivity contribution in [1.82, 2.24) is 4.98 Å². The van der Waals surface area contributed by atoms with E-state index in [9.17, 15) is 4.79 Å². The predicted octanol–water partition coefficient (Wildman–Crippen LogP) is 4.01. The molecule has 5 heteroatoms. The Bertz CT molecular complexity index is 611. The molecule has 104 valence electrons. The standard InChI is InChI=1S/C15H14ClNO3/c1-3-19-15(18)11-5-7-14(17-9-11)20-13-6-4-10(2)8-12(13)16/h4-9H,3H2,1-2H3. The van der Waals surface area contributed by atoms with Crippen LogP contribution < -0.4 is 4.74 Å². The van der Waals surface area contributed by atoms with Crippen molar-refractivity contribution in [3.05, 3.63) is 52.7 Å². The van der Waals surface area contributed by atoms with Crippen molar-refractivity contribution in [2.45, 2.75) is 13.8 Å². The summed E-state index contributed by atoms with van der Waals surface area (Å²) >= 11 is 6.08. The van der Waals surface area contributed by atoms with Crippen molar-refractivity contribution in [3.8, 4) is 11.6 Å². The molecule has 0 atom stereocenters. The van der Waals surface area contributed by atoms with Crippen LogP contribution in [0.25, 0.3) is 0 Å². The van der Waals surface area contributed by atoms with E-state index < -0.39 is 5.97 Å². The Balaban J connectivity index is 2.12. The van der Waals surface area contributed by atoms with Gasteiger partial charge in [-0.05, 0) is 37.6 Å². The van der Waals surface area contributed by atoms with E-state index in [-0.39, 0.29) is 0 Å². The molecule has 0 fully saturated rings. The minimum atomic E-state index is -0.403. The molecular formula is C15H14ClNO3. The number of hydrogen-bond donors (Lipinski definition) is 0. The summed E-state index contributed by atoms with van der Waals surface area (Å²) in [6.07, 6.45) is 1.41. The Labute approximate surface area is 122 Å². The van der Waals surface area contributed by atoms with E-state index in [2.05, 4.69) is 4.98 Å². The number of hydrogen-bond acceptors (Lipinski definition) is 4. The molecule has 0 radical (unpaired) electrons. The Morgan fingerprint density at radius 1 is 1.30 bits per heavy atom. The van der Waals surface area contributed by atoms with Gasteiger partial charge in [-0.15, -0.1) is 0 Å². The maximum atomic E-state index is 11.5. The second-order valence-electron chi connectivity index (χ2n) is 4.14. The lowest BCUT2D eigenvalue weighted by atomic mass is 10.2. The molecule has 20 heavy (non-hydrogen) atoms. The molecule has 0 aliphatic rings. The smallest absolute Gasteiger partial charge is 0.339 e. The minimum absolute atomic E-state index is 0.329. The summed E-state index contributed by atoms with van der Waals surface area (Å²) in [6, 6.07) is 8.68. The molecule has 0 spiro atoms. The first kappa shape index (κ1) is 14.3. The van der Waals surface area contributed by atoms with Gasteiger partial charge in [-0.2, -0.15) is 0 Å². The third-order valence-electron chi connectivity index (χ3n) is 2.55. The number of benzene rings is 1. The maximum absolute atomic E-state index is 11.5. The fourth-order valence-corrected chi connectivity index (χ4v) is 1.85. The maximum Gasteiger partial charge on any atom is 0.339 e. The van der Waals surface area contributed by atoms with E-state index in [1.165, 1.54) is 6.20 Å². The van der Waals surface area contributed by atoms with Crippen LogP contribution in [-0.2, 0) is 4.74 Å². The van der Waals surface area contributed by atoms with E-state index >= 15 is 0 Å². The molecule has 0 saturated carbocycles. The van der Waals surface area contributed by atoms with Crippen LogP contribution in [0, 0.1) is 6.92 Å². The molecule has 0 saturated heterocycles. The number of nitrogens with zero attached hydrogens (tertiary/aromatic N) is 1. The molecule has 1 aromatic heterocycles. The third-order valence-corrected chi connectivity index (χ3v) is 2.84. The molecule has 2 aromatic rings. The highest BCUT2D eigenvalue weighted by molar-refractivity contribution is 6.32. The normalized spacial score (nSPS) is 10.2. The molecule has 0 amide bonds. The van der Waals surface area contributed by atoms with Crippen molar-refractivity contribution in [2.24, 2.45) is 0 Å². The fourth-order valence-electron chi connectivity index (χ4n) is 1.58. The van der Waals surface area contributed by atoms with Crippen LogP contribution in [0.3, 0.4) is 0 Å². The molecule has 1 heterocycles. The minimum Gasteiger partial charge on any atom is -0.462 e. The molecule has 0 aliphatic carbocycles. The summed E-state index contributed by atoms with van der Waals surface area (Å²) in [5.74, 6) is 0.484. The van der Waals surface area contributed by atoms with E-state index in [0.717, 1.165) is 5.56 Å². The first-order chi connectivity index (χ1) is 9.60. The van der Waals surface area contributed by atoms with Gasteiger partial charge in [0.05, 0.1) is 17.2 Å². The zero-order valence-electron chi connectivity index (χ0n) is 11.2. The first-order valence-electron chi connectivity index (χ1n) is 6.17. The van der Waals surface area contributed by atoms with Crippen LogP contribution in [0.1, 0.15) is 22.8 Å². The van der Waals surface area contributed by atoms with Gasteiger partial charge in [-0.3, -0.25) is 0 Å². The number of carbonyl (C=O) groups is 1. The summed E-state index contributed by atoms with van der Waals surface area (Å²) in [6.45, 7) is 4.03. The molecular weight excluding hydrogens is 278 g/mol. The summed E-state index contributed by atoms with van der Waals surface area (Å²) in [5.41, 5.74) is 1.43. The van der Waals surface area contributed by atoms with Crippen molar-refractivity contribution in [2.75, 3.05) is 6.61 Å². The van der Waals surface area contributed by atoms with Gasteiger partial charge < -0.3 is 9.47 Å². The van der Waals surface area contributed by atoms with Gasteiger partial charge in [0.25, 0.3) is 0 Å². The first-order valence-corrected chi connectivity index (χ1v) is 6.55. The Kier molecular flexibility index (Phi) is 4.58. The van der Waals surface area contributed by atoms with Gasteiger partial charge in [0, 0.05) is 12.3 Å². The second kappa shape index (κ2) is 6.39. The lowest BCUT2D eigenvalue weighted by Crippen LogP contribution is -2.04. The Morgan fingerprint density at radius 2 is 2.10 bits per heavy atom. The average Bonchev–Trinajstić information content (AvgIpc) is 2.43. The largest absolute Gasteiger partial charge is 0.462 e. The predicted molar refractivity (Wildman–Crippen MR) is 76.5 cm³/mol. The SMILES string of the molecule is CCOC(=O)c1ccc(Oc2ccc(C)cc2Cl)nc1. The molecule has 0 aliphatic heterocycles. The van der Waals surface area contributed by atoms with Crippen molar-refractivity contribution in [3.63, 3.8) is 0 Å². The molecule has 2 rings (SSSR count). The summed E-state index contributed by atoms with van der Waals surface area (Å²) in [5, 5.41) is 0.515. The average molecular weight is 292 g/mol. The Morgan fingerprint density at radius 3 is 2.70 bits per heavy atom. The van der Waals surface area contributed by atoms with E-state index in [0.29, 0.717) is 28.8 Å². The molecule has 4 nitrogen and oxygen atoms in total. The number of carbonyl (C=O) groups excluding carboxylic acids is 1. The van der Waals surface area contributed by atoms with Gasteiger partial charge in [-0.1, -0.05) is 17.7 Å². The highest BCUT2D eigenvalue weighted by atomic mass is 35.5. The quantitative estimate of drug-likeness (QED) is 0.799. The highest BCUT2D eigenvalue weighted by Crippen LogP contribution is 2.29. The monoisotopic (exact) mass is 291 g/mol. The van der Waals surface area contributed by atoms with Crippen LogP contribution in [0.4, 0.5) is 0 Å². The third kappa shape index (κ3) is 3.48. The molecule has 0 N–H and O–H groups in total. The summed E-state index contributed by atoms with van der Waals surface area (Å²) < 4.78 is 10.4. The van der Waals surface area contributed by atoms with E-state index in [1.807, 2.05) is 19.1 Å². The van der Waals surface area contributed by atoms with Crippen molar-refractivity contribution >= 4 is 17.6 Å². The second-order valence-corrected chi connectivity index (χ2v) is 4.55. The van der Waals surface area contributed by atoms with Crippen molar-refractivity contribution < 1.29 is 14.3 Å². The summed E-state index contributed by atoms with van der Waals surface area (Å²) in [7, 11) is 0. The van der Waals surface area contributed by atoms with Gasteiger partial charge >= 0.3 is 5.97 Å². The van der Waals surface area contributed by atoms with E-state index in [1.54, 1.807) is 25.1 Å². The molecule has 0 bridgehead atoms. The number of pyridine rings is 1.